The smallest absolute Gasteiger partial charge is 0.225 e. The molecule has 5 heteroatoms. The molecular weight excluding hydrogens is 360 g/mol. The fourth-order valence-corrected chi connectivity index (χ4v) is 4.61. The molecule has 0 N–H and O–H groups in total. The van der Waals surface area contributed by atoms with Crippen LogP contribution in [0.15, 0.2) is 30.3 Å². The first-order chi connectivity index (χ1) is 14.0. The Morgan fingerprint density at radius 2 is 1.93 bits per heavy atom. The first kappa shape index (κ1) is 19.9. The molecule has 0 radical (unpaired) electrons. The van der Waals surface area contributed by atoms with E-state index in [1.807, 2.05) is 18.7 Å². The van der Waals surface area contributed by atoms with Crippen molar-refractivity contribution in [3.05, 3.63) is 53.0 Å². The minimum atomic E-state index is 0.0108. The highest BCUT2D eigenvalue weighted by Crippen LogP contribution is 2.35. The van der Waals surface area contributed by atoms with Gasteiger partial charge in [-0.2, -0.15) is 0 Å². The number of amides is 1. The van der Waals surface area contributed by atoms with Crippen molar-refractivity contribution >= 4 is 11.7 Å². The molecule has 1 atom stereocenters. The summed E-state index contributed by atoms with van der Waals surface area (Å²) >= 11 is 0. The molecule has 1 amide bonds. The summed E-state index contributed by atoms with van der Waals surface area (Å²) in [4.78, 5) is 27.1. The van der Waals surface area contributed by atoms with E-state index in [2.05, 4.69) is 42.2 Å². The van der Waals surface area contributed by atoms with Crippen molar-refractivity contribution in [2.45, 2.75) is 58.9 Å². The van der Waals surface area contributed by atoms with E-state index in [1.165, 1.54) is 11.1 Å². The standard InChI is InChI=1S/C24H32N4O/c1-17(2)24(29)28-15-8-12-21(28)22-25-18(3)20-11-7-14-27(23(20)26-22)16-13-19-9-5-4-6-10-19/h4-6,9-10,17,21H,7-8,11-16H2,1-3H3/t21-/m0/s1. The monoisotopic (exact) mass is 392 g/mol. The number of aromatic nitrogens is 2. The van der Waals surface area contributed by atoms with Crippen molar-refractivity contribution in [2.24, 2.45) is 5.92 Å². The normalized spacial score (nSPS) is 19.0. The van der Waals surface area contributed by atoms with Crippen LogP contribution in [0.4, 0.5) is 5.82 Å². The summed E-state index contributed by atoms with van der Waals surface area (Å²) in [6.07, 6.45) is 5.19. The molecule has 2 aliphatic rings. The Labute approximate surface area is 174 Å². The van der Waals surface area contributed by atoms with Gasteiger partial charge in [0.1, 0.15) is 5.82 Å². The van der Waals surface area contributed by atoms with Gasteiger partial charge >= 0.3 is 0 Å². The third-order valence-corrected chi connectivity index (χ3v) is 6.20. The SMILES string of the molecule is Cc1nc([C@@H]2CCCN2C(=O)C(C)C)nc2c1CCCN2CCc1ccccc1. The molecule has 0 unspecified atom stereocenters. The topological polar surface area (TPSA) is 49.3 Å². The van der Waals surface area contributed by atoms with E-state index in [9.17, 15) is 4.79 Å². The fourth-order valence-electron chi connectivity index (χ4n) is 4.61. The van der Waals surface area contributed by atoms with E-state index in [0.717, 1.165) is 69.1 Å². The zero-order valence-corrected chi connectivity index (χ0v) is 17.9. The lowest BCUT2D eigenvalue weighted by molar-refractivity contribution is -0.135. The van der Waals surface area contributed by atoms with Crippen LogP contribution < -0.4 is 4.90 Å². The van der Waals surface area contributed by atoms with Gasteiger partial charge in [-0.1, -0.05) is 44.2 Å². The van der Waals surface area contributed by atoms with E-state index in [-0.39, 0.29) is 17.9 Å². The van der Waals surface area contributed by atoms with E-state index in [0.29, 0.717) is 0 Å². The van der Waals surface area contributed by atoms with Gasteiger partial charge in [0, 0.05) is 36.8 Å². The second-order valence-electron chi connectivity index (χ2n) is 8.64. The van der Waals surface area contributed by atoms with Crippen LogP contribution in [0.1, 0.15) is 61.8 Å². The predicted octanol–water partition coefficient (Wildman–Crippen LogP) is 4.10. The second kappa shape index (κ2) is 8.52. The lowest BCUT2D eigenvalue weighted by atomic mass is 10.0. The van der Waals surface area contributed by atoms with Gasteiger partial charge in [-0.25, -0.2) is 9.97 Å². The van der Waals surface area contributed by atoms with Crippen LogP contribution in [-0.2, 0) is 17.6 Å². The number of anilines is 1. The average Bonchev–Trinajstić information content (AvgIpc) is 3.22. The zero-order valence-electron chi connectivity index (χ0n) is 17.9. The molecule has 4 rings (SSSR count). The summed E-state index contributed by atoms with van der Waals surface area (Å²) in [5, 5.41) is 0. The van der Waals surface area contributed by atoms with E-state index < -0.39 is 0 Å². The largest absolute Gasteiger partial charge is 0.356 e. The lowest BCUT2D eigenvalue weighted by Crippen LogP contribution is -2.36. The summed E-state index contributed by atoms with van der Waals surface area (Å²) in [5.74, 6) is 2.15. The molecule has 3 heterocycles. The third kappa shape index (κ3) is 4.14. The van der Waals surface area contributed by atoms with Crippen molar-refractivity contribution in [3.63, 3.8) is 0 Å². The number of likely N-dealkylation sites (tertiary alicyclic amines) is 1. The third-order valence-electron chi connectivity index (χ3n) is 6.20. The van der Waals surface area contributed by atoms with Gasteiger partial charge in [0.2, 0.25) is 5.91 Å². The minimum absolute atomic E-state index is 0.0108. The lowest BCUT2D eigenvalue weighted by Gasteiger charge is -2.32. The van der Waals surface area contributed by atoms with Crippen LogP contribution in [0.2, 0.25) is 0 Å². The molecule has 154 valence electrons. The molecule has 29 heavy (non-hydrogen) atoms. The van der Waals surface area contributed by atoms with Gasteiger partial charge in [-0.05, 0) is 44.6 Å². The zero-order chi connectivity index (χ0) is 20.4. The van der Waals surface area contributed by atoms with E-state index in [4.69, 9.17) is 9.97 Å². The van der Waals surface area contributed by atoms with Gasteiger partial charge < -0.3 is 9.80 Å². The van der Waals surface area contributed by atoms with Gasteiger partial charge in [0.15, 0.2) is 5.82 Å². The molecule has 0 bridgehead atoms. The fraction of sp³-hybridized carbons (Fsp3) is 0.542. The summed E-state index contributed by atoms with van der Waals surface area (Å²) in [6.45, 7) is 8.87. The van der Waals surface area contributed by atoms with Crippen LogP contribution in [0.3, 0.4) is 0 Å². The average molecular weight is 393 g/mol. The Morgan fingerprint density at radius 3 is 2.69 bits per heavy atom. The highest BCUT2D eigenvalue weighted by Gasteiger charge is 2.34. The Balaban J connectivity index is 1.60. The number of aryl methyl sites for hydroxylation is 1. The van der Waals surface area contributed by atoms with Crippen LogP contribution >= 0.6 is 0 Å². The van der Waals surface area contributed by atoms with Crippen LogP contribution in [0.25, 0.3) is 0 Å². The number of carbonyl (C=O) groups excluding carboxylic acids is 1. The maximum atomic E-state index is 12.7. The second-order valence-corrected chi connectivity index (χ2v) is 8.64. The molecule has 0 spiro atoms. The summed E-state index contributed by atoms with van der Waals surface area (Å²) < 4.78 is 0. The Hall–Kier alpha value is -2.43. The number of fused-ring (bicyclic) bond motifs is 1. The van der Waals surface area contributed by atoms with Gasteiger partial charge in [-0.15, -0.1) is 0 Å². The molecular formula is C24H32N4O. The number of carbonyl (C=O) groups is 1. The molecule has 2 aliphatic heterocycles. The Kier molecular flexibility index (Phi) is 5.84. The molecule has 1 aromatic carbocycles. The van der Waals surface area contributed by atoms with E-state index in [1.54, 1.807) is 0 Å². The molecule has 1 aromatic heterocycles. The van der Waals surface area contributed by atoms with Crippen molar-refractivity contribution in [1.29, 1.82) is 0 Å². The molecule has 2 aromatic rings. The van der Waals surface area contributed by atoms with Gasteiger partial charge in [0.25, 0.3) is 0 Å². The number of rotatable bonds is 5. The summed E-state index contributed by atoms with van der Waals surface area (Å²) in [7, 11) is 0. The highest BCUT2D eigenvalue weighted by atomic mass is 16.2. The van der Waals surface area contributed by atoms with E-state index >= 15 is 0 Å². The predicted molar refractivity (Wildman–Crippen MR) is 116 cm³/mol. The molecule has 5 nitrogen and oxygen atoms in total. The van der Waals surface area contributed by atoms with Crippen LogP contribution in [0, 0.1) is 12.8 Å². The van der Waals surface area contributed by atoms with Crippen molar-refractivity contribution in [2.75, 3.05) is 24.5 Å². The number of benzene rings is 1. The minimum Gasteiger partial charge on any atom is -0.356 e. The Bertz CT molecular complexity index is 865. The van der Waals surface area contributed by atoms with Gasteiger partial charge in [-0.3, -0.25) is 4.79 Å². The number of nitrogens with zero attached hydrogens (tertiary/aromatic N) is 4. The first-order valence-corrected chi connectivity index (χ1v) is 11.0. The number of hydrogen-bond acceptors (Lipinski definition) is 4. The maximum Gasteiger partial charge on any atom is 0.225 e. The maximum absolute atomic E-state index is 12.7. The van der Waals surface area contributed by atoms with Crippen molar-refractivity contribution in [1.82, 2.24) is 14.9 Å². The van der Waals surface area contributed by atoms with Crippen LogP contribution in [0.5, 0.6) is 0 Å². The summed E-state index contributed by atoms with van der Waals surface area (Å²) in [6, 6.07) is 10.7. The summed E-state index contributed by atoms with van der Waals surface area (Å²) in [5.41, 5.74) is 3.72. The quantitative estimate of drug-likeness (QED) is 0.769. The molecule has 0 aliphatic carbocycles. The highest BCUT2D eigenvalue weighted by molar-refractivity contribution is 5.78. The molecule has 0 saturated carbocycles. The number of hydrogen-bond donors (Lipinski definition) is 0. The van der Waals surface area contributed by atoms with Crippen molar-refractivity contribution < 1.29 is 4.79 Å². The molecule has 1 saturated heterocycles. The van der Waals surface area contributed by atoms with Crippen molar-refractivity contribution in [3.8, 4) is 0 Å². The van der Waals surface area contributed by atoms with Gasteiger partial charge in [0.05, 0.1) is 6.04 Å². The Morgan fingerprint density at radius 1 is 1.14 bits per heavy atom. The molecule has 1 fully saturated rings. The first-order valence-electron chi connectivity index (χ1n) is 11.0. The van der Waals surface area contributed by atoms with Crippen LogP contribution in [-0.4, -0.2) is 40.4 Å².